The highest BCUT2D eigenvalue weighted by Crippen LogP contribution is 2.28. The van der Waals surface area contributed by atoms with Crippen LogP contribution in [0.4, 0.5) is 0 Å². The van der Waals surface area contributed by atoms with Crippen LogP contribution in [0.25, 0.3) is 0 Å². The Hall–Kier alpha value is -1.57. The second-order valence-corrected chi connectivity index (χ2v) is 7.12. The van der Waals surface area contributed by atoms with Crippen molar-refractivity contribution in [2.24, 2.45) is 0 Å². The number of hydrogen-bond acceptors (Lipinski definition) is 4. The molecule has 0 heterocycles. The molecule has 0 aromatic heterocycles. The summed E-state index contributed by atoms with van der Waals surface area (Å²) in [4.78, 5) is 0.0476. The van der Waals surface area contributed by atoms with Crippen molar-refractivity contribution in [2.45, 2.75) is 11.4 Å². The molecule has 2 aromatic carbocycles. The number of hydrogen-bond donors (Lipinski definition) is 1. The maximum atomic E-state index is 12.5. The zero-order chi connectivity index (χ0) is 16.2. The first kappa shape index (κ1) is 16.8. The van der Waals surface area contributed by atoms with Crippen LogP contribution in [-0.4, -0.2) is 22.6 Å². The van der Waals surface area contributed by atoms with Crippen LogP contribution >= 0.6 is 15.9 Å². The lowest BCUT2D eigenvalue weighted by Crippen LogP contribution is -2.23. The van der Waals surface area contributed by atoms with E-state index < -0.39 is 10.0 Å². The van der Waals surface area contributed by atoms with Gasteiger partial charge in [-0.3, -0.25) is 0 Å². The Morgan fingerprint density at radius 2 is 1.73 bits per heavy atom. The van der Waals surface area contributed by atoms with Gasteiger partial charge in [0.2, 0.25) is 10.0 Å². The summed E-state index contributed by atoms with van der Waals surface area (Å²) in [5.74, 6) is 0.717. The minimum Gasteiger partial charge on any atom is -0.497 e. The lowest BCUT2D eigenvalue weighted by molar-refractivity contribution is 0.392. The van der Waals surface area contributed by atoms with Gasteiger partial charge in [-0.05, 0) is 29.8 Å². The van der Waals surface area contributed by atoms with Gasteiger partial charge in [0.15, 0.2) is 0 Å². The van der Waals surface area contributed by atoms with Crippen molar-refractivity contribution < 1.29 is 17.9 Å². The highest BCUT2D eigenvalue weighted by Gasteiger charge is 2.20. The number of nitrogens with one attached hydrogen (secondary N) is 1. The van der Waals surface area contributed by atoms with Crippen molar-refractivity contribution in [1.82, 2.24) is 4.72 Å². The molecule has 0 amide bonds. The summed E-state index contributed by atoms with van der Waals surface area (Å²) in [6, 6.07) is 12.0. The standard InChI is InChI=1S/C15H16BrNO4S/c1-20-13-7-8-14(21-2)15(9-13)22(18,19)17-10-11-3-5-12(16)6-4-11/h3-9,17H,10H2,1-2H3. The van der Waals surface area contributed by atoms with Crippen LogP contribution in [-0.2, 0) is 16.6 Å². The average molecular weight is 386 g/mol. The quantitative estimate of drug-likeness (QED) is 0.829. The highest BCUT2D eigenvalue weighted by molar-refractivity contribution is 9.10. The molecule has 22 heavy (non-hydrogen) atoms. The van der Waals surface area contributed by atoms with Crippen molar-refractivity contribution in [1.29, 1.82) is 0 Å². The Labute approximate surface area is 138 Å². The molecule has 0 unspecified atom stereocenters. The van der Waals surface area contributed by atoms with Crippen LogP contribution in [0.15, 0.2) is 51.8 Å². The molecular formula is C15H16BrNO4S. The summed E-state index contributed by atoms with van der Waals surface area (Å²) < 4.78 is 38.6. The van der Waals surface area contributed by atoms with Gasteiger partial charge in [0.25, 0.3) is 0 Å². The normalized spacial score (nSPS) is 11.2. The summed E-state index contributed by atoms with van der Waals surface area (Å²) >= 11 is 3.34. The minimum atomic E-state index is -3.71. The fraction of sp³-hybridized carbons (Fsp3) is 0.200. The first-order valence-electron chi connectivity index (χ1n) is 6.42. The predicted molar refractivity (Wildman–Crippen MR) is 87.7 cm³/mol. The van der Waals surface area contributed by atoms with E-state index in [0.29, 0.717) is 5.75 Å². The van der Waals surface area contributed by atoms with Gasteiger partial charge in [0.05, 0.1) is 14.2 Å². The molecule has 0 aliphatic heterocycles. The Morgan fingerprint density at radius 1 is 1.05 bits per heavy atom. The van der Waals surface area contributed by atoms with E-state index >= 15 is 0 Å². The molecule has 0 atom stereocenters. The third-order valence-electron chi connectivity index (χ3n) is 3.04. The van der Waals surface area contributed by atoms with Gasteiger partial charge < -0.3 is 9.47 Å². The zero-order valence-corrected chi connectivity index (χ0v) is 14.6. The van der Waals surface area contributed by atoms with E-state index in [1.807, 2.05) is 24.3 Å². The third-order valence-corrected chi connectivity index (χ3v) is 4.99. The first-order valence-corrected chi connectivity index (χ1v) is 8.70. The molecule has 0 spiro atoms. The largest absolute Gasteiger partial charge is 0.497 e. The molecule has 118 valence electrons. The lowest BCUT2D eigenvalue weighted by atomic mass is 10.2. The molecule has 2 rings (SSSR count). The minimum absolute atomic E-state index is 0.0476. The van der Waals surface area contributed by atoms with Gasteiger partial charge in [-0.1, -0.05) is 28.1 Å². The topological polar surface area (TPSA) is 64.6 Å². The SMILES string of the molecule is COc1ccc(OC)c(S(=O)(=O)NCc2ccc(Br)cc2)c1. The Kier molecular flexibility index (Phi) is 5.44. The number of benzene rings is 2. The van der Waals surface area contributed by atoms with Gasteiger partial charge in [0, 0.05) is 17.1 Å². The van der Waals surface area contributed by atoms with Crippen LogP contribution in [0.1, 0.15) is 5.56 Å². The van der Waals surface area contributed by atoms with Gasteiger partial charge in [-0.15, -0.1) is 0 Å². The van der Waals surface area contributed by atoms with Gasteiger partial charge in [0.1, 0.15) is 16.4 Å². The summed E-state index contributed by atoms with van der Waals surface area (Å²) in [6.07, 6.45) is 0. The molecule has 0 bridgehead atoms. The fourth-order valence-corrected chi connectivity index (χ4v) is 3.32. The zero-order valence-electron chi connectivity index (χ0n) is 12.2. The molecule has 0 saturated heterocycles. The predicted octanol–water partition coefficient (Wildman–Crippen LogP) is 2.94. The number of rotatable bonds is 6. The molecule has 1 N–H and O–H groups in total. The average Bonchev–Trinajstić information content (AvgIpc) is 2.53. The van der Waals surface area contributed by atoms with Crippen LogP contribution in [0.5, 0.6) is 11.5 Å². The molecular weight excluding hydrogens is 370 g/mol. The molecule has 0 saturated carbocycles. The number of sulfonamides is 1. The Balaban J connectivity index is 2.24. The summed E-state index contributed by atoms with van der Waals surface area (Å²) in [6.45, 7) is 0.190. The van der Waals surface area contributed by atoms with E-state index in [4.69, 9.17) is 9.47 Å². The van der Waals surface area contributed by atoms with Crippen molar-refractivity contribution >= 4 is 26.0 Å². The Bertz CT molecular complexity index is 745. The monoisotopic (exact) mass is 385 g/mol. The van der Waals surface area contributed by atoms with Crippen molar-refractivity contribution in [3.8, 4) is 11.5 Å². The third kappa shape index (κ3) is 4.00. The second-order valence-electron chi connectivity index (χ2n) is 4.47. The summed E-state index contributed by atoms with van der Waals surface area (Å²) in [5, 5.41) is 0. The van der Waals surface area contributed by atoms with E-state index in [0.717, 1.165) is 10.0 Å². The maximum absolute atomic E-state index is 12.5. The molecule has 0 aliphatic carbocycles. The van der Waals surface area contributed by atoms with Crippen molar-refractivity contribution in [3.63, 3.8) is 0 Å². The van der Waals surface area contributed by atoms with Crippen molar-refractivity contribution in [3.05, 3.63) is 52.5 Å². The van der Waals surface area contributed by atoms with Crippen molar-refractivity contribution in [2.75, 3.05) is 14.2 Å². The molecule has 0 aliphatic rings. The molecule has 7 heteroatoms. The van der Waals surface area contributed by atoms with Crippen LogP contribution in [0, 0.1) is 0 Å². The number of halogens is 1. The molecule has 0 radical (unpaired) electrons. The van der Waals surface area contributed by atoms with E-state index in [1.165, 1.54) is 20.3 Å². The fourth-order valence-electron chi connectivity index (χ4n) is 1.85. The second kappa shape index (κ2) is 7.13. The van der Waals surface area contributed by atoms with Crippen LogP contribution < -0.4 is 14.2 Å². The Morgan fingerprint density at radius 3 is 2.32 bits per heavy atom. The number of methoxy groups -OCH3 is 2. The van der Waals surface area contributed by atoms with Gasteiger partial charge >= 0.3 is 0 Å². The maximum Gasteiger partial charge on any atom is 0.244 e. The molecule has 0 fully saturated rings. The lowest BCUT2D eigenvalue weighted by Gasteiger charge is -2.12. The summed E-state index contributed by atoms with van der Waals surface area (Å²) in [5.41, 5.74) is 0.855. The van der Waals surface area contributed by atoms with E-state index in [1.54, 1.807) is 12.1 Å². The van der Waals surface area contributed by atoms with E-state index in [2.05, 4.69) is 20.7 Å². The van der Waals surface area contributed by atoms with E-state index in [-0.39, 0.29) is 17.2 Å². The molecule has 2 aromatic rings. The van der Waals surface area contributed by atoms with Gasteiger partial charge in [-0.2, -0.15) is 0 Å². The van der Waals surface area contributed by atoms with Crippen LogP contribution in [0.2, 0.25) is 0 Å². The highest BCUT2D eigenvalue weighted by atomic mass is 79.9. The summed E-state index contributed by atoms with van der Waals surface area (Å²) in [7, 11) is -0.805. The van der Waals surface area contributed by atoms with Gasteiger partial charge in [-0.25, -0.2) is 13.1 Å². The van der Waals surface area contributed by atoms with Crippen LogP contribution in [0.3, 0.4) is 0 Å². The molecule has 5 nitrogen and oxygen atoms in total. The smallest absolute Gasteiger partial charge is 0.244 e. The number of ether oxygens (including phenoxy) is 2. The van der Waals surface area contributed by atoms with E-state index in [9.17, 15) is 8.42 Å². The first-order chi connectivity index (χ1) is 10.5.